The van der Waals surface area contributed by atoms with Crippen molar-refractivity contribution in [2.75, 3.05) is 0 Å². The summed E-state index contributed by atoms with van der Waals surface area (Å²) < 4.78 is 0. The van der Waals surface area contributed by atoms with Gasteiger partial charge in [-0.1, -0.05) is 54.6 Å². The lowest BCUT2D eigenvalue weighted by molar-refractivity contribution is 0.0696. The maximum Gasteiger partial charge on any atom is 0.336 e. The third kappa shape index (κ3) is 2.66. The largest absolute Gasteiger partial charge is 0.478 e. The molecule has 0 amide bonds. The van der Waals surface area contributed by atoms with Crippen LogP contribution in [0.4, 0.5) is 0 Å². The molecular formula is C16H14O2. The van der Waals surface area contributed by atoms with Crippen molar-refractivity contribution in [3.05, 3.63) is 70.8 Å². The van der Waals surface area contributed by atoms with Gasteiger partial charge in [-0.2, -0.15) is 0 Å². The van der Waals surface area contributed by atoms with E-state index in [-0.39, 0.29) is 0 Å². The number of rotatable bonds is 3. The maximum absolute atomic E-state index is 11.1. The molecule has 0 aliphatic heterocycles. The lowest BCUT2D eigenvalue weighted by Gasteiger charge is -2.01. The van der Waals surface area contributed by atoms with Crippen molar-refractivity contribution in [1.82, 2.24) is 0 Å². The molecule has 0 radical (unpaired) electrons. The molecule has 90 valence electrons. The van der Waals surface area contributed by atoms with Gasteiger partial charge in [0.15, 0.2) is 0 Å². The summed E-state index contributed by atoms with van der Waals surface area (Å²) in [5.41, 5.74) is 3.30. The molecule has 2 nitrogen and oxygen atoms in total. The maximum atomic E-state index is 11.1. The van der Waals surface area contributed by atoms with E-state index in [0.717, 1.165) is 5.56 Å². The van der Waals surface area contributed by atoms with Gasteiger partial charge in [0.25, 0.3) is 0 Å². The molecule has 18 heavy (non-hydrogen) atoms. The first-order valence-corrected chi connectivity index (χ1v) is 5.74. The average Bonchev–Trinajstić information content (AvgIpc) is 2.38. The molecule has 0 unspecified atom stereocenters. The number of hydrogen-bond donors (Lipinski definition) is 1. The molecule has 0 aliphatic carbocycles. The van der Waals surface area contributed by atoms with Crippen LogP contribution >= 0.6 is 0 Å². The standard InChI is InChI=1S/C16H14O2/c1-12-6-2-3-7-13(12)10-11-14-8-4-5-9-15(14)16(17)18/h2-11H,1H3,(H,17,18). The minimum Gasteiger partial charge on any atom is -0.478 e. The van der Waals surface area contributed by atoms with E-state index in [2.05, 4.69) is 0 Å². The molecule has 0 aromatic heterocycles. The number of hydrogen-bond acceptors (Lipinski definition) is 1. The molecule has 2 aromatic rings. The van der Waals surface area contributed by atoms with Crippen LogP contribution in [-0.2, 0) is 0 Å². The number of carboxylic acid groups (broad SMARTS) is 1. The van der Waals surface area contributed by atoms with Gasteiger partial charge < -0.3 is 5.11 Å². The first kappa shape index (κ1) is 12.1. The van der Waals surface area contributed by atoms with E-state index in [4.69, 9.17) is 5.11 Å². The third-order valence-electron chi connectivity index (χ3n) is 2.82. The van der Waals surface area contributed by atoms with Crippen LogP contribution in [0.5, 0.6) is 0 Å². The summed E-state index contributed by atoms with van der Waals surface area (Å²) in [5, 5.41) is 9.08. The van der Waals surface area contributed by atoms with Crippen molar-refractivity contribution in [2.24, 2.45) is 0 Å². The van der Waals surface area contributed by atoms with Crippen LogP contribution in [0.25, 0.3) is 12.2 Å². The predicted octanol–water partition coefficient (Wildman–Crippen LogP) is 3.86. The highest BCUT2D eigenvalue weighted by Crippen LogP contribution is 2.15. The highest BCUT2D eigenvalue weighted by atomic mass is 16.4. The van der Waals surface area contributed by atoms with Gasteiger partial charge >= 0.3 is 5.97 Å². The molecule has 0 saturated heterocycles. The zero-order chi connectivity index (χ0) is 13.0. The minimum atomic E-state index is -0.903. The van der Waals surface area contributed by atoms with Crippen molar-refractivity contribution < 1.29 is 9.90 Å². The summed E-state index contributed by atoms with van der Waals surface area (Å²) >= 11 is 0. The van der Waals surface area contributed by atoms with Crippen LogP contribution < -0.4 is 0 Å². The van der Waals surface area contributed by atoms with Crippen molar-refractivity contribution >= 4 is 18.1 Å². The fraction of sp³-hybridized carbons (Fsp3) is 0.0625. The summed E-state index contributed by atoms with van der Waals surface area (Å²) in [4.78, 5) is 11.1. The predicted molar refractivity (Wildman–Crippen MR) is 73.5 cm³/mol. The second kappa shape index (κ2) is 5.32. The summed E-state index contributed by atoms with van der Waals surface area (Å²) in [6, 6.07) is 15.0. The highest BCUT2D eigenvalue weighted by Gasteiger charge is 2.05. The molecule has 2 aromatic carbocycles. The Morgan fingerprint density at radius 2 is 1.50 bits per heavy atom. The third-order valence-corrected chi connectivity index (χ3v) is 2.82. The van der Waals surface area contributed by atoms with Crippen LogP contribution in [0.15, 0.2) is 48.5 Å². The Kier molecular flexibility index (Phi) is 3.58. The second-order valence-electron chi connectivity index (χ2n) is 4.08. The fourth-order valence-corrected chi connectivity index (χ4v) is 1.79. The smallest absolute Gasteiger partial charge is 0.336 e. The normalized spacial score (nSPS) is 10.7. The molecule has 0 atom stereocenters. The number of carbonyl (C=O) groups is 1. The van der Waals surface area contributed by atoms with Crippen molar-refractivity contribution in [2.45, 2.75) is 6.92 Å². The lowest BCUT2D eigenvalue weighted by atomic mass is 10.0. The van der Waals surface area contributed by atoms with E-state index >= 15 is 0 Å². The quantitative estimate of drug-likeness (QED) is 0.824. The summed E-state index contributed by atoms with van der Waals surface area (Å²) in [5.74, 6) is -0.903. The van der Waals surface area contributed by atoms with E-state index in [0.29, 0.717) is 11.1 Å². The van der Waals surface area contributed by atoms with Crippen molar-refractivity contribution in [3.8, 4) is 0 Å². The first-order valence-electron chi connectivity index (χ1n) is 5.74. The van der Waals surface area contributed by atoms with E-state index < -0.39 is 5.97 Å². The monoisotopic (exact) mass is 238 g/mol. The van der Waals surface area contributed by atoms with Gasteiger partial charge in [-0.05, 0) is 29.7 Å². The Labute approximate surface area is 106 Å². The van der Waals surface area contributed by atoms with Gasteiger partial charge in [0.05, 0.1) is 5.56 Å². The van der Waals surface area contributed by atoms with E-state index in [1.165, 1.54) is 5.56 Å². The number of carboxylic acids is 1. The summed E-state index contributed by atoms with van der Waals surface area (Å²) in [6.07, 6.45) is 3.78. The van der Waals surface area contributed by atoms with E-state index in [1.54, 1.807) is 18.2 Å². The van der Waals surface area contributed by atoms with Gasteiger partial charge in [-0.25, -0.2) is 4.79 Å². The van der Waals surface area contributed by atoms with Gasteiger partial charge in [0.2, 0.25) is 0 Å². The van der Waals surface area contributed by atoms with Gasteiger partial charge in [0, 0.05) is 0 Å². The molecular weight excluding hydrogens is 224 g/mol. The zero-order valence-corrected chi connectivity index (χ0v) is 10.1. The van der Waals surface area contributed by atoms with E-state index in [1.807, 2.05) is 49.4 Å². The molecule has 0 saturated carbocycles. The van der Waals surface area contributed by atoms with Gasteiger partial charge in [-0.15, -0.1) is 0 Å². The number of benzene rings is 2. The Bertz CT molecular complexity index is 598. The van der Waals surface area contributed by atoms with Crippen LogP contribution in [0, 0.1) is 6.92 Å². The van der Waals surface area contributed by atoms with Crippen molar-refractivity contribution in [3.63, 3.8) is 0 Å². The topological polar surface area (TPSA) is 37.3 Å². The van der Waals surface area contributed by atoms with Gasteiger partial charge in [-0.3, -0.25) is 0 Å². The molecule has 0 bridgehead atoms. The van der Waals surface area contributed by atoms with E-state index in [9.17, 15) is 4.79 Å². The average molecular weight is 238 g/mol. The Hall–Kier alpha value is -2.35. The molecule has 2 rings (SSSR count). The summed E-state index contributed by atoms with van der Waals surface area (Å²) in [6.45, 7) is 2.03. The molecule has 1 N–H and O–H groups in total. The second-order valence-corrected chi connectivity index (χ2v) is 4.08. The lowest BCUT2D eigenvalue weighted by Crippen LogP contribution is -1.98. The van der Waals surface area contributed by atoms with Crippen LogP contribution in [0.1, 0.15) is 27.0 Å². The zero-order valence-electron chi connectivity index (χ0n) is 10.1. The molecule has 0 fully saturated rings. The Morgan fingerprint density at radius 3 is 2.17 bits per heavy atom. The van der Waals surface area contributed by atoms with Crippen molar-refractivity contribution in [1.29, 1.82) is 0 Å². The molecule has 0 heterocycles. The first-order chi connectivity index (χ1) is 8.68. The van der Waals surface area contributed by atoms with Crippen LogP contribution in [-0.4, -0.2) is 11.1 Å². The van der Waals surface area contributed by atoms with Crippen LogP contribution in [0.3, 0.4) is 0 Å². The SMILES string of the molecule is Cc1ccccc1C=Cc1ccccc1C(=O)O. The molecule has 0 aliphatic rings. The molecule has 0 spiro atoms. The summed E-state index contributed by atoms with van der Waals surface area (Å²) in [7, 11) is 0. The molecule has 2 heteroatoms. The highest BCUT2D eigenvalue weighted by molar-refractivity contribution is 5.93. The van der Waals surface area contributed by atoms with Crippen LogP contribution in [0.2, 0.25) is 0 Å². The Balaban J connectivity index is 2.35. The number of aryl methyl sites for hydroxylation is 1. The Morgan fingerprint density at radius 1 is 0.944 bits per heavy atom. The fourth-order valence-electron chi connectivity index (χ4n) is 1.79. The minimum absolute atomic E-state index is 0.322. The number of aromatic carboxylic acids is 1. The van der Waals surface area contributed by atoms with Gasteiger partial charge in [0.1, 0.15) is 0 Å².